The van der Waals surface area contributed by atoms with Gasteiger partial charge in [-0.15, -0.1) is 0 Å². The first kappa shape index (κ1) is 15.6. The number of methoxy groups -OCH3 is 1. The average Bonchev–Trinajstić information content (AvgIpc) is 3.12. The summed E-state index contributed by atoms with van der Waals surface area (Å²) in [6.07, 6.45) is 5.42. The Morgan fingerprint density at radius 3 is 2.95 bits per heavy atom. The monoisotopic (exact) mass is 322 g/mol. The van der Waals surface area contributed by atoms with Crippen LogP contribution >= 0.6 is 11.6 Å². The molecule has 0 saturated heterocycles. The molecule has 0 aromatic heterocycles. The smallest absolute Gasteiger partial charge is 0.242 e. The zero-order chi connectivity index (χ0) is 15.6. The number of carbonyl (C=O) groups is 1. The summed E-state index contributed by atoms with van der Waals surface area (Å²) in [5.74, 6) is 0.0645. The fourth-order valence-corrected chi connectivity index (χ4v) is 3.88. The van der Waals surface area contributed by atoms with Crippen molar-refractivity contribution in [3.05, 3.63) is 28.8 Å². The van der Waals surface area contributed by atoms with Crippen molar-refractivity contribution in [2.75, 3.05) is 25.6 Å². The Kier molecular flexibility index (Phi) is 4.59. The van der Waals surface area contributed by atoms with Gasteiger partial charge in [-0.2, -0.15) is 0 Å². The highest BCUT2D eigenvalue weighted by molar-refractivity contribution is 6.30. The summed E-state index contributed by atoms with van der Waals surface area (Å²) in [6, 6.07) is 5.52. The first-order valence-corrected chi connectivity index (χ1v) is 8.31. The predicted octanol–water partition coefficient (Wildman–Crippen LogP) is 3.00. The van der Waals surface area contributed by atoms with Crippen molar-refractivity contribution in [2.45, 2.75) is 38.1 Å². The molecule has 1 heterocycles. The van der Waals surface area contributed by atoms with Gasteiger partial charge >= 0.3 is 0 Å². The number of rotatable bonds is 5. The van der Waals surface area contributed by atoms with Crippen LogP contribution in [0.1, 0.15) is 31.2 Å². The van der Waals surface area contributed by atoms with Crippen molar-refractivity contribution >= 4 is 23.2 Å². The lowest BCUT2D eigenvalue weighted by molar-refractivity contribution is -0.122. The Morgan fingerprint density at radius 2 is 2.23 bits per heavy atom. The largest absolute Gasteiger partial charge is 0.384 e. The number of halogens is 1. The van der Waals surface area contributed by atoms with E-state index < -0.39 is 0 Å². The Labute approximate surface area is 136 Å². The van der Waals surface area contributed by atoms with E-state index in [2.05, 4.69) is 10.6 Å². The number of amides is 1. The lowest BCUT2D eigenvalue weighted by atomic mass is 9.87. The molecule has 0 bridgehead atoms. The van der Waals surface area contributed by atoms with Gasteiger partial charge in [0.05, 0.1) is 6.61 Å². The molecule has 4 nitrogen and oxygen atoms in total. The second kappa shape index (κ2) is 6.47. The molecule has 0 radical (unpaired) electrons. The quantitative estimate of drug-likeness (QED) is 0.876. The first-order valence-electron chi connectivity index (χ1n) is 7.93. The molecule has 1 saturated carbocycles. The maximum absolute atomic E-state index is 12.5. The molecule has 3 rings (SSSR count). The van der Waals surface area contributed by atoms with Gasteiger partial charge in [-0.1, -0.05) is 24.4 Å². The summed E-state index contributed by atoms with van der Waals surface area (Å²) in [5.41, 5.74) is 2.25. The molecule has 1 fully saturated rings. The van der Waals surface area contributed by atoms with Crippen molar-refractivity contribution in [3.8, 4) is 0 Å². The predicted molar refractivity (Wildman–Crippen MR) is 88.4 cm³/mol. The summed E-state index contributed by atoms with van der Waals surface area (Å²) < 4.78 is 5.37. The molecule has 1 aliphatic heterocycles. The number of carbonyl (C=O) groups excluding carboxylic acids is 1. The molecule has 1 amide bonds. The molecule has 2 N–H and O–H groups in total. The number of anilines is 1. The highest BCUT2D eigenvalue weighted by atomic mass is 35.5. The topological polar surface area (TPSA) is 50.4 Å². The van der Waals surface area contributed by atoms with Crippen LogP contribution in [0.4, 0.5) is 5.69 Å². The third-order valence-electron chi connectivity index (χ3n) is 4.89. The SMILES string of the molecule is COCC1(CNC(=O)[C@H]2Cc3cc(Cl)ccc3N2)CCCC1. The molecule has 2 aliphatic rings. The van der Waals surface area contributed by atoms with Gasteiger partial charge in [-0.05, 0) is 36.6 Å². The third kappa shape index (κ3) is 3.23. The van der Waals surface area contributed by atoms with Gasteiger partial charge < -0.3 is 15.4 Å². The summed E-state index contributed by atoms with van der Waals surface area (Å²) in [5, 5.41) is 7.12. The van der Waals surface area contributed by atoms with E-state index in [1.807, 2.05) is 18.2 Å². The van der Waals surface area contributed by atoms with E-state index in [0.717, 1.165) is 30.7 Å². The lowest BCUT2D eigenvalue weighted by Gasteiger charge is -2.29. The van der Waals surface area contributed by atoms with Gasteiger partial charge in [0.1, 0.15) is 6.04 Å². The zero-order valence-corrected chi connectivity index (χ0v) is 13.7. The second-order valence-corrected chi connectivity index (χ2v) is 7.00. The van der Waals surface area contributed by atoms with Gasteiger partial charge in [0, 0.05) is 36.2 Å². The first-order chi connectivity index (χ1) is 10.6. The molecule has 1 aromatic rings. The maximum atomic E-state index is 12.5. The van der Waals surface area contributed by atoms with Gasteiger partial charge in [-0.3, -0.25) is 4.79 Å². The fraction of sp³-hybridized carbons (Fsp3) is 0.588. The van der Waals surface area contributed by atoms with Crippen LogP contribution in [0, 0.1) is 5.41 Å². The van der Waals surface area contributed by atoms with Crippen LogP contribution in [-0.2, 0) is 16.0 Å². The zero-order valence-electron chi connectivity index (χ0n) is 13.0. The van der Waals surface area contributed by atoms with Crippen LogP contribution in [-0.4, -0.2) is 32.2 Å². The number of fused-ring (bicyclic) bond motifs is 1. The van der Waals surface area contributed by atoms with Crippen LogP contribution in [0.15, 0.2) is 18.2 Å². The van der Waals surface area contributed by atoms with Gasteiger partial charge in [0.25, 0.3) is 0 Å². The number of ether oxygens (including phenoxy) is 1. The standard InChI is InChI=1S/C17H23ClN2O2/c1-22-11-17(6-2-3-7-17)10-19-16(21)15-9-12-8-13(18)4-5-14(12)20-15/h4-5,8,15,20H,2-3,6-7,9-11H2,1H3,(H,19,21)/t15-/m1/s1. The Bertz CT molecular complexity index is 556. The van der Waals surface area contributed by atoms with Crippen LogP contribution in [0.5, 0.6) is 0 Å². The van der Waals surface area contributed by atoms with E-state index in [1.54, 1.807) is 7.11 Å². The molecule has 5 heteroatoms. The van der Waals surface area contributed by atoms with Crippen molar-refractivity contribution < 1.29 is 9.53 Å². The highest BCUT2D eigenvalue weighted by Gasteiger charge is 2.35. The minimum absolute atomic E-state index is 0.0645. The molecule has 1 aromatic carbocycles. The molecular weight excluding hydrogens is 300 g/mol. The fourth-order valence-electron chi connectivity index (χ4n) is 3.69. The summed E-state index contributed by atoms with van der Waals surface area (Å²) in [7, 11) is 1.74. The van der Waals surface area contributed by atoms with Crippen molar-refractivity contribution in [2.24, 2.45) is 5.41 Å². The molecule has 22 heavy (non-hydrogen) atoms. The van der Waals surface area contributed by atoms with Crippen molar-refractivity contribution in [1.82, 2.24) is 5.32 Å². The van der Waals surface area contributed by atoms with E-state index in [0.29, 0.717) is 18.0 Å². The van der Waals surface area contributed by atoms with E-state index in [1.165, 1.54) is 12.8 Å². The van der Waals surface area contributed by atoms with E-state index in [-0.39, 0.29) is 17.4 Å². The number of hydrogen-bond donors (Lipinski definition) is 2. The second-order valence-electron chi connectivity index (χ2n) is 6.56. The van der Waals surface area contributed by atoms with E-state index in [9.17, 15) is 4.79 Å². The van der Waals surface area contributed by atoms with Crippen molar-refractivity contribution in [3.63, 3.8) is 0 Å². The van der Waals surface area contributed by atoms with Gasteiger partial charge in [0.15, 0.2) is 0 Å². The Balaban J connectivity index is 1.57. The number of nitrogens with one attached hydrogen (secondary N) is 2. The minimum atomic E-state index is -0.200. The lowest BCUT2D eigenvalue weighted by Crippen LogP contribution is -2.44. The molecule has 1 aliphatic carbocycles. The molecular formula is C17H23ClN2O2. The minimum Gasteiger partial charge on any atom is -0.384 e. The van der Waals surface area contributed by atoms with Crippen LogP contribution in [0.25, 0.3) is 0 Å². The van der Waals surface area contributed by atoms with E-state index >= 15 is 0 Å². The van der Waals surface area contributed by atoms with Crippen LogP contribution < -0.4 is 10.6 Å². The molecule has 1 atom stereocenters. The van der Waals surface area contributed by atoms with E-state index in [4.69, 9.17) is 16.3 Å². The van der Waals surface area contributed by atoms with Gasteiger partial charge in [0.2, 0.25) is 5.91 Å². The number of benzene rings is 1. The maximum Gasteiger partial charge on any atom is 0.242 e. The summed E-state index contributed by atoms with van der Waals surface area (Å²) in [6.45, 7) is 1.43. The third-order valence-corrected chi connectivity index (χ3v) is 5.13. The Morgan fingerprint density at radius 1 is 1.45 bits per heavy atom. The number of hydrogen-bond acceptors (Lipinski definition) is 3. The van der Waals surface area contributed by atoms with Crippen LogP contribution in [0.3, 0.4) is 0 Å². The average molecular weight is 323 g/mol. The molecule has 120 valence electrons. The van der Waals surface area contributed by atoms with Gasteiger partial charge in [-0.25, -0.2) is 0 Å². The highest BCUT2D eigenvalue weighted by Crippen LogP contribution is 2.37. The summed E-state index contributed by atoms with van der Waals surface area (Å²) in [4.78, 5) is 12.5. The molecule has 0 unspecified atom stereocenters. The Hall–Kier alpha value is -1.26. The van der Waals surface area contributed by atoms with Crippen molar-refractivity contribution in [1.29, 1.82) is 0 Å². The van der Waals surface area contributed by atoms with Crippen LogP contribution in [0.2, 0.25) is 5.02 Å². The normalized spacial score (nSPS) is 22.2. The molecule has 0 spiro atoms. The summed E-state index contributed by atoms with van der Waals surface area (Å²) >= 11 is 6.01.